The average molecular weight is 238 g/mol. The van der Waals surface area contributed by atoms with Crippen LogP contribution >= 0.6 is 0 Å². The van der Waals surface area contributed by atoms with E-state index in [1.54, 1.807) is 19.4 Å². The molecule has 1 aromatic heterocycles. The first kappa shape index (κ1) is 13.2. The molecule has 0 unspecified atom stereocenters. The summed E-state index contributed by atoms with van der Waals surface area (Å²) >= 11 is 0. The number of aryl methyl sites for hydroxylation is 1. The number of anilines is 1. The van der Waals surface area contributed by atoms with Crippen LogP contribution in [-0.4, -0.2) is 28.5 Å². The summed E-state index contributed by atoms with van der Waals surface area (Å²) in [5.41, 5.74) is -0.193. The molecule has 0 aliphatic rings. The van der Waals surface area contributed by atoms with Gasteiger partial charge in [-0.05, 0) is 6.42 Å². The third-order valence-corrected chi connectivity index (χ3v) is 2.23. The number of hydrogen-bond donors (Lipinski definition) is 2. The maximum atomic E-state index is 11.6. The minimum atomic E-state index is -0.193. The monoisotopic (exact) mass is 238 g/mol. The van der Waals surface area contributed by atoms with Gasteiger partial charge in [-0.15, -0.1) is 0 Å². The molecule has 6 heteroatoms. The zero-order valence-corrected chi connectivity index (χ0v) is 10.2. The van der Waals surface area contributed by atoms with Crippen LogP contribution in [0, 0.1) is 0 Å². The molecule has 2 N–H and O–H groups in total. The molecule has 0 saturated heterocycles. The van der Waals surface area contributed by atoms with Crippen molar-refractivity contribution in [2.45, 2.75) is 19.8 Å². The van der Waals surface area contributed by atoms with Crippen molar-refractivity contribution >= 4 is 11.7 Å². The van der Waals surface area contributed by atoms with E-state index in [0.29, 0.717) is 19.5 Å². The van der Waals surface area contributed by atoms with Gasteiger partial charge in [0.25, 0.3) is 5.56 Å². The van der Waals surface area contributed by atoms with Crippen molar-refractivity contribution in [2.24, 2.45) is 7.05 Å². The van der Waals surface area contributed by atoms with Gasteiger partial charge in [0.1, 0.15) is 0 Å². The van der Waals surface area contributed by atoms with Gasteiger partial charge < -0.3 is 15.2 Å². The summed E-state index contributed by atoms with van der Waals surface area (Å²) in [5, 5.41) is 5.62. The predicted octanol–water partition coefficient (Wildman–Crippen LogP) is 0.108. The Morgan fingerprint density at radius 2 is 2.24 bits per heavy atom. The second-order valence-corrected chi connectivity index (χ2v) is 3.72. The van der Waals surface area contributed by atoms with Crippen LogP contribution in [0.3, 0.4) is 0 Å². The largest absolute Gasteiger partial charge is 0.365 e. The third kappa shape index (κ3) is 4.26. The predicted molar refractivity (Wildman–Crippen MR) is 65.9 cm³/mol. The van der Waals surface area contributed by atoms with Crippen molar-refractivity contribution in [3.05, 3.63) is 22.7 Å². The summed E-state index contributed by atoms with van der Waals surface area (Å²) in [6.45, 7) is 3.09. The lowest BCUT2D eigenvalue weighted by molar-refractivity contribution is -0.120. The number of rotatable bonds is 6. The fourth-order valence-corrected chi connectivity index (χ4v) is 1.27. The molecule has 1 rings (SSSR count). The van der Waals surface area contributed by atoms with Crippen LogP contribution in [0.25, 0.3) is 0 Å². The number of carbonyl (C=O) groups is 1. The van der Waals surface area contributed by atoms with E-state index in [4.69, 9.17) is 0 Å². The molecule has 94 valence electrons. The summed E-state index contributed by atoms with van der Waals surface area (Å²) < 4.78 is 1.44. The van der Waals surface area contributed by atoms with Gasteiger partial charge >= 0.3 is 0 Å². The minimum absolute atomic E-state index is 0.0212. The Labute approximate surface area is 100 Å². The van der Waals surface area contributed by atoms with Gasteiger partial charge in [0.2, 0.25) is 5.91 Å². The highest BCUT2D eigenvalue weighted by Crippen LogP contribution is 1.92. The Balaban J connectivity index is 2.38. The molecule has 0 radical (unpaired) electrons. The first-order chi connectivity index (χ1) is 8.15. The van der Waals surface area contributed by atoms with E-state index >= 15 is 0 Å². The van der Waals surface area contributed by atoms with Crippen LogP contribution in [0.15, 0.2) is 17.2 Å². The summed E-state index contributed by atoms with van der Waals surface area (Å²) in [6.07, 6.45) is 4.38. The van der Waals surface area contributed by atoms with Crippen molar-refractivity contribution in [2.75, 3.05) is 18.4 Å². The summed E-state index contributed by atoms with van der Waals surface area (Å²) in [4.78, 5) is 26.8. The van der Waals surface area contributed by atoms with Crippen LogP contribution in [-0.2, 0) is 11.8 Å². The van der Waals surface area contributed by atoms with E-state index in [9.17, 15) is 9.59 Å². The van der Waals surface area contributed by atoms with Crippen LogP contribution in [0.2, 0.25) is 0 Å². The molecule has 1 aromatic rings. The van der Waals surface area contributed by atoms with E-state index in [1.165, 1.54) is 4.57 Å². The molecule has 0 spiro atoms. The zero-order chi connectivity index (χ0) is 12.7. The van der Waals surface area contributed by atoms with E-state index in [0.717, 1.165) is 6.42 Å². The van der Waals surface area contributed by atoms with E-state index in [-0.39, 0.29) is 17.3 Å². The summed E-state index contributed by atoms with van der Waals surface area (Å²) in [5.74, 6) is 0.255. The molecular formula is C11H18N4O2. The molecule has 0 atom stereocenters. The molecular weight excluding hydrogens is 220 g/mol. The van der Waals surface area contributed by atoms with Gasteiger partial charge in [0.15, 0.2) is 5.82 Å². The van der Waals surface area contributed by atoms with Crippen molar-refractivity contribution in [1.82, 2.24) is 14.9 Å². The first-order valence-electron chi connectivity index (χ1n) is 5.67. The van der Waals surface area contributed by atoms with Crippen molar-refractivity contribution in [1.29, 1.82) is 0 Å². The minimum Gasteiger partial charge on any atom is -0.365 e. The van der Waals surface area contributed by atoms with Crippen molar-refractivity contribution in [3.63, 3.8) is 0 Å². The lowest BCUT2D eigenvalue weighted by Crippen LogP contribution is -2.27. The molecule has 0 saturated carbocycles. The van der Waals surface area contributed by atoms with Gasteiger partial charge in [-0.2, -0.15) is 0 Å². The maximum Gasteiger partial charge on any atom is 0.293 e. The molecule has 0 aliphatic heterocycles. The molecule has 17 heavy (non-hydrogen) atoms. The van der Waals surface area contributed by atoms with Crippen molar-refractivity contribution < 1.29 is 4.79 Å². The van der Waals surface area contributed by atoms with E-state index in [2.05, 4.69) is 15.6 Å². The second kappa shape index (κ2) is 6.67. The molecule has 1 heterocycles. The smallest absolute Gasteiger partial charge is 0.293 e. The number of nitrogens with zero attached hydrogens (tertiary/aromatic N) is 2. The van der Waals surface area contributed by atoms with Crippen LogP contribution in [0.5, 0.6) is 0 Å². The number of carbonyl (C=O) groups excluding carboxylic acids is 1. The van der Waals surface area contributed by atoms with E-state index in [1.807, 2.05) is 6.92 Å². The van der Waals surface area contributed by atoms with Crippen LogP contribution < -0.4 is 16.2 Å². The fourth-order valence-electron chi connectivity index (χ4n) is 1.27. The Bertz CT molecular complexity index is 428. The zero-order valence-electron chi connectivity index (χ0n) is 10.2. The topological polar surface area (TPSA) is 76.0 Å². The van der Waals surface area contributed by atoms with Crippen molar-refractivity contribution in [3.8, 4) is 0 Å². The number of hydrogen-bond acceptors (Lipinski definition) is 4. The Hall–Kier alpha value is -1.85. The Morgan fingerprint density at radius 1 is 1.47 bits per heavy atom. The van der Waals surface area contributed by atoms with Gasteiger partial charge in [0.05, 0.1) is 0 Å². The Kier molecular flexibility index (Phi) is 5.19. The molecule has 1 amide bonds. The first-order valence-corrected chi connectivity index (χ1v) is 5.67. The maximum absolute atomic E-state index is 11.6. The highest BCUT2D eigenvalue weighted by Gasteiger charge is 2.03. The fraction of sp³-hybridized carbons (Fsp3) is 0.545. The van der Waals surface area contributed by atoms with Gasteiger partial charge in [0, 0.05) is 39.0 Å². The average Bonchev–Trinajstić information content (AvgIpc) is 2.32. The third-order valence-electron chi connectivity index (χ3n) is 2.23. The molecule has 0 bridgehead atoms. The van der Waals surface area contributed by atoms with Gasteiger partial charge in [-0.1, -0.05) is 6.92 Å². The van der Waals surface area contributed by atoms with E-state index < -0.39 is 0 Å². The lowest BCUT2D eigenvalue weighted by Gasteiger charge is -2.06. The SMILES string of the molecule is CCCNC(=O)CCNc1nccn(C)c1=O. The normalized spacial score (nSPS) is 10.0. The quantitative estimate of drug-likeness (QED) is 0.737. The summed E-state index contributed by atoms with van der Waals surface area (Å²) in [6, 6.07) is 0. The van der Waals surface area contributed by atoms with Crippen LogP contribution in [0.1, 0.15) is 19.8 Å². The van der Waals surface area contributed by atoms with Gasteiger partial charge in [-0.3, -0.25) is 9.59 Å². The Morgan fingerprint density at radius 3 is 2.94 bits per heavy atom. The number of amides is 1. The number of aromatic nitrogens is 2. The molecule has 0 fully saturated rings. The highest BCUT2D eigenvalue weighted by atomic mass is 16.1. The van der Waals surface area contributed by atoms with Crippen LogP contribution in [0.4, 0.5) is 5.82 Å². The molecule has 6 nitrogen and oxygen atoms in total. The van der Waals surface area contributed by atoms with Gasteiger partial charge in [-0.25, -0.2) is 4.98 Å². The second-order valence-electron chi connectivity index (χ2n) is 3.72. The molecule has 0 aliphatic carbocycles. The number of nitrogens with one attached hydrogen (secondary N) is 2. The molecule has 0 aromatic carbocycles. The lowest BCUT2D eigenvalue weighted by atomic mass is 10.3. The standard InChI is InChI=1S/C11H18N4O2/c1-3-5-12-9(16)4-6-13-10-11(17)15(2)8-7-14-10/h7-8H,3-6H2,1-2H3,(H,12,16)(H,13,14). The highest BCUT2D eigenvalue weighted by molar-refractivity contribution is 5.76. The summed E-state index contributed by atoms with van der Waals surface area (Å²) in [7, 11) is 1.66.